The largest absolute Gasteiger partial charge is 0.478 e. The van der Waals surface area contributed by atoms with E-state index in [1.807, 2.05) is 13.8 Å². The van der Waals surface area contributed by atoms with Gasteiger partial charge in [-0.2, -0.15) is 0 Å². The number of hydrogen-bond acceptors (Lipinski definition) is 3. The maximum Gasteiger partial charge on any atom is 0.338 e. The molecule has 0 fully saturated rings. The number of hydrogen-bond donors (Lipinski definition) is 3. The van der Waals surface area contributed by atoms with E-state index >= 15 is 0 Å². The summed E-state index contributed by atoms with van der Waals surface area (Å²) in [5.41, 5.74) is 0.0911. The van der Waals surface area contributed by atoms with Gasteiger partial charge in [-0.3, -0.25) is 0 Å². The van der Waals surface area contributed by atoms with Gasteiger partial charge in [-0.15, -0.1) is 0 Å². The molecule has 0 bridgehead atoms. The van der Waals surface area contributed by atoms with Gasteiger partial charge in [0.15, 0.2) is 0 Å². The van der Waals surface area contributed by atoms with Crippen LogP contribution < -0.4 is 5.32 Å². The standard InChI is InChI=1S/C13H18FNO3/c1-13(2,5-6-16)15-8-9-3-4-10(12(17)18)11(14)7-9/h3-4,7,15-16H,5-6,8H2,1-2H3,(H,17,18). The first kappa shape index (κ1) is 14.6. The van der Waals surface area contributed by atoms with Crippen LogP contribution in [-0.2, 0) is 6.54 Å². The van der Waals surface area contributed by atoms with Crippen LogP contribution in [-0.4, -0.2) is 28.3 Å². The third kappa shape index (κ3) is 4.09. The lowest BCUT2D eigenvalue weighted by atomic mass is 10.0. The van der Waals surface area contributed by atoms with Crippen molar-refractivity contribution in [1.29, 1.82) is 0 Å². The zero-order valence-electron chi connectivity index (χ0n) is 10.5. The molecule has 5 heteroatoms. The molecule has 0 aliphatic heterocycles. The molecule has 18 heavy (non-hydrogen) atoms. The molecule has 1 rings (SSSR count). The summed E-state index contributed by atoms with van der Waals surface area (Å²) in [5.74, 6) is -2.01. The maximum atomic E-state index is 13.4. The minimum absolute atomic E-state index is 0.0757. The van der Waals surface area contributed by atoms with Crippen molar-refractivity contribution in [2.75, 3.05) is 6.61 Å². The van der Waals surface area contributed by atoms with Gasteiger partial charge in [0.25, 0.3) is 0 Å². The fraction of sp³-hybridized carbons (Fsp3) is 0.462. The van der Waals surface area contributed by atoms with Crippen molar-refractivity contribution in [2.45, 2.75) is 32.4 Å². The second kappa shape index (κ2) is 5.93. The molecule has 1 aromatic carbocycles. The van der Waals surface area contributed by atoms with Crippen molar-refractivity contribution in [3.63, 3.8) is 0 Å². The highest BCUT2D eigenvalue weighted by atomic mass is 19.1. The second-order valence-corrected chi connectivity index (χ2v) is 4.83. The lowest BCUT2D eigenvalue weighted by Crippen LogP contribution is -2.39. The van der Waals surface area contributed by atoms with Gasteiger partial charge in [0.1, 0.15) is 5.82 Å². The fourth-order valence-corrected chi connectivity index (χ4v) is 1.55. The summed E-state index contributed by atoms with van der Waals surface area (Å²) >= 11 is 0. The zero-order chi connectivity index (χ0) is 13.8. The second-order valence-electron chi connectivity index (χ2n) is 4.83. The number of halogens is 1. The van der Waals surface area contributed by atoms with Crippen molar-refractivity contribution in [3.05, 3.63) is 35.1 Å². The fourth-order valence-electron chi connectivity index (χ4n) is 1.55. The Morgan fingerprint density at radius 3 is 2.61 bits per heavy atom. The molecule has 0 unspecified atom stereocenters. The number of carboxylic acids is 1. The molecule has 1 aromatic rings. The van der Waals surface area contributed by atoms with Gasteiger partial charge >= 0.3 is 5.97 Å². The van der Waals surface area contributed by atoms with E-state index in [4.69, 9.17) is 10.2 Å². The molecule has 3 N–H and O–H groups in total. The van der Waals surface area contributed by atoms with Crippen molar-refractivity contribution >= 4 is 5.97 Å². The third-order valence-electron chi connectivity index (χ3n) is 2.77. The van der Waals surface area contributed by atoms with E-state index in [0.29, 0.717) is 18.5 Å². The first-order chi connectivity index (χ1) is 8.35. The normalized spacial score (nSPS) is 11.6. The van der Waals surface area contributed by atoms with Crippen LogP contribution >= 0.6 is 0 Å². The molecular weight excluding hydrogens is 237 g/mol. The van der Waals surface area contributed by atoms with E-state index in [0.717, 1.165) is 0 Å². The molecule has 100 valence electrons. The van der Waals surface area contributed by atoms with E-state index in [-0.39, 0.29) is 17.7 Å². The molecule has 0 aromatic heterocycles. The first-order valence-electron chi connectivity index (χ1n) is 5.73. The first-order valence-corrected chi connectivity index (χ1v) is 5.73. The Labute approximate surface area is 105 Å². The summed E-state index contributed by atoms with van der Waals surface area (Å²) < 4.78 is 13.4. The Hall–Kier alpha value is -1.46. The summed E-state index contributed by atoms with van der Waals surface area (Å²) in [6.07, 6.45) is 0.586. The number of nitrogens with one attached hydrogen (secondary N) is 1. The minimum Gasteiger partial charge on any atom is -0.478 e. The number of aromatic carboxylic acids is 1. The third-order valence-corrected chi connectivity index (χ3v) is 2.77. The minimum atomic E-state index is -1.27. The van der Waals surface area contributed by atoms with E-state index in [1.165, 1.54) is 12.1 Å². The van der Waals surface area contributed by atoms with Crippen LogP contribution in [0.3, 0.4) is 0 Å². The molecular formula is C13H18FNO3. The van der Waals surface area contributed by atoms with Crippen LogP contribution in [0.4, 0.5) is 4.39 Å². The van der Waals surface area contributed by atoms with Crippen LogP contribution in [0.15, 0.2) is 18.2 Å². The highest BCUT2D eigenvalue weighted by Crippen LogP contribution is 2.13. The van der Waals surface area contributed by atoms with Gasteiger partial charge in [-0.25, -0.2) is 9.18 Å². The van der Waals surface area contributed by atoms with Crippen molar-refractivity contribution in [3.8, 4) is 0 Å². The van der Waals surface area contributed by atoms with Crippen LogP contribution in [0.2, 0.25) is 0 Å². The van der Waals surface area contributed by atoms with Gasteiger partial charge < -0.3 is 15.5 Å². The molecule has 0 atom stereocenters. The van der Waals surface area contributed by atoms with Crippen molar-refractivity contribution < 1.29 is 19.4 Å². The molecule has 4 nitrogen and oxygen atoms in total. The number of aliphatic hydroxyl groups excluding tert-OH is 1. The van der Waals surface area contributed by atoms with Gasteiger partial charge in [-0.05, 0) is 38.0 Å². The highest BCUT2D eigenvalue weighted by Gasteiger charge is 2.16. The number of aliphatic hydroxyl groups is 1. The topological polar surface area (TPSA) is 69.6 Å². The number of rotatable bonds is 6. The molecule has 0 aliphatic rings. The lowest BCUT2D eigenvalue weighted by Gasteiger charge is -2.25. The molecule has 0 amide bonds. The van der Waals surface area contributed by atoms with Crippen molar-refractivity contribution in [1.82, 2.24) is 5.32 Å². The maximum absolute atomic E-state index is 13.4. The SMILES string of the molecule is CC(C)(CCO)NCc1ccc(C(=O)O)c(F)c1. The van der Waals surface area contributed by atoms with Crippen LogP contribution in [0.1, 0.15) is 36.2 Å². The average Bonchev–Trinajstić information content (AvgIpc) is 2.26. The molecule has 0 aliphatic carbocycles. The van der Waals surface area contributed by atoms with E-state index < -0.39 is 11.8 Å². The summed E-state index contributed by atoms with van der Waals surface area (Å²) in [6.45, 7) is 4.37. The Bertz CT molecular complexity index is 432. The Kier molecular flexibility index (Phi) is 4.81. The molecule has 0 saturated carbocycles. The van der Waals surface area contributed by atoms with Gasteiger partial charge in [-0.1, -0.05) is 6.07 Å². The summed E-state index contributed by atoms with van der Waals surface area (Å²) in [7, 11) is 0. The van der Waals surface area contributed by atoms with Gasteiger partial charge in [0, 0.05) is 18.7 Å². The Balaban J connectivity index is 2.70. The van der Waals surface area contributed by atoms with Crippen LogP contribution in [0.25, 0.3) is 0 Å². The van der Waals surface area contributed by atoms with Crippen LogP contribution in [0, 0.1) is 5.82 Å². The molecule has 0 heterocycles. The van der Waals surface area contributed by atoms with Gasteiger partial charge in [0.05, 0.1) is 5.56 Å². The van der Waals surface area contributed by atoms with E-state index in [9.17, 15) is 9.18 Å². The van der Waals surface area contributed by atoms with Crippen molar-refractivity contribution in [2.24, 2.45) is 0 Å². The zero-order valence-corrected chi connectivity index (χ0v) is 10.5. The Morgan fingerprint density at radius 1 is 1.44 bits per heavy atom. The van der Waals surface area contributed by atoms with Gasteiger partial charge in [0.2, 0.25) is 0 Å². The summed E-state index contributed by atoms with van der Waals surface area (Å²) in [4.78, 5) is 10.7. The number of carbonyl (C=O) groups is 1. The molecule has 0 radical (unpaired) electrons. The smallest absolute Gasteiger partial charge is 0.338 e. The summed E-state index contributed by atoms with van der Waals surface area (Å²) in [6, 6.07) is 4.05. The monoisotopic (exact) mass is 255 g/mol. The van der Waals surface area contributed by atoms with E-state index in [1.54, 1.807) is 6.07 Å². The predicted octanol–water partition coefficient (Wildman–Crippen LogP) is 1.77. The summed E-state index contributed by atoms with van der Waals surface area (Å²) in [5, 5.41) is 20.8. The van der Waals surface area contributed by atoms with E-state index in [2.05, 4.69) is 5.32 Å². The lowest BCUT2D eigenvalue weighted by molar-refractivity contribution is 0.0692. The van der Waals surface area contributed by atoms with Crippen LogP contribution in [0.5, 0.6) is 0 Å². The Morgan fingerprint density at radius 2 is 2.11 bits per heavy atom. The average molecular weight is 255 g/mol. The highest BCUT2D eigenvalue weighted by molar-refractivity contribution is 5.87. The number of benzene rings is 1. The molecule has 0 spiro atoms. The predicted molar refractivity (Wildman–Crippen MR) is 66.0 cm³/mol. The molecule has 0 saturated heterocycles. The number of carboxylic acid groups (broad SMARTS) is 1. The quantitative estimate of drug-likeness (QED) is 0.724.